The van der Waals surface area contributed by atoms with Crippen LogP contribution in [0.3, 0.4) is 0 Å². The molecule has 2 rings (SSSR count). The number of benzene rings is 1. The molecule has 1 amide bonds. The molecule has 1 unspecified atom stereocenters. The minimum absolute atomic E-state index is 0.194. The molecule has 1 heterocycles. The van der Waals surface area contributed by atoms with Gasteiger partial charge in [0.25, 0.3) is 10.0 Å². The minimum atomic E-state index is -3.71. The molecule has 8 heteroatoms. The van der Waals surface area contributed by atoms with Crippen molar-refractivity contribution in [3.05, 3.63) is 46.3 Å². The van der Waals surface area contributed by atoms with Crippen LogP contribution >= 0.6 is 27.3 Å². The lowest BCUT2D eigenvalue weighted by molar-refractivity contribution is -0.118. The zero-order chi connectivity index (χ0) is 17.0. The first-order chi connectivity index (χ1) is 10.8. The van der Waals surface area contributed by atoms with Crippen LogP contribution in [0.4, 0.5) is 5.69 Å². The first-order valence-corrected chi connectivity index (χ1v) is 10.1. The van der Waals surface area contributed by atoms with Crippen LogP contribution in [0.25, 0.3) is 0 Å². The average molecular weight is 417 g/mol. The van der Waals surface area contributed by atoms with Gasteiger partial charge in [-0.3, -0.25) is 4.79 Å². The summed E-state index contributed by atoms with van der Waals surface area (Å²) in [6, 6.07) is 9.40. The van der Waals surface area contributed by atoms with E-state index >= 15 is 0 Å². The van der Waals surface area contributed by atoms with E-state index in [1.165, 1.54) is 6.07 Å². The maximum atomic E-state index is 12.4. The van der Waals surface area contributed by atoms with Crippen molar-refractivity contribution in [1.82, 2.24) is 4.72 Å². The van der Waals surface area contributed by atoms with Crippen molar-refractivity contribution >= 4 is 48.9 Å². The molecule has 0 aliphatic rings. The number of carbonyl (C=O) groups excluding carboxylic acids is 1. The summed E-state index contributed by atoms with van der Waals surface area (Å²) in [6.45, 7) is 3.59. The van der Waals surface area contributed by atoms with Gasteiger partial charge in [0.2, 0.25) is 5.91 Å². The summed E-state index contributed by atoms with van der Waals surface area (Å²) >= 11 is 4.44. The zero-order valence-electron chi connectivity index (χ0n) is 12.6. The van der Waals surface area contributed by atoms with Crippen LogP contribution in [0.1, 0.15) is 13.8 Å². The maximum Gasteiger partial charge on any atom is 0.250 e. The maximum absolute atomic E-state index is 12.4. The van der Waals surface area contributed by atoms with Crippen molar-refractivity contribution in [2.24, 2.45) is 5.92 Å². The lowest BCUT2D eigenvalue weighted by Gasteiger charge is -2.21. The molecule has 0 fully saturated rings. The fourth-order valence-corrected chi connectivity index (χ4v) is 4.51. The molecule has 124 valence electrons. The van der Waals surface area contributed by atoms with Crippen LogP contribution in [0, 0.1) is 5.92 Å². The number of hydrogen-bond acceptors (Lipinski definition) is 4. The van der Waals surface area contributed by atoms with E-state index in [-0.39, 0.29) is 16.0 Å². The topological polar surface area (TPSA) is 75.3 Å². The molecule has 0 aliphatic carbocycles. The Morgan fingerprint density at radius 3 is 2.35 bits per heavy atom. The van der Waals surface area contributed by atoms with Crippen LogP contribution in [-0.4, -0.2) is 20.4 Å². The van der Waals surface area contributed by atoms with E-state index < -0.39 is 16.1 Å². The molecule has 1 aromatic carbocycles. The third kappa shape index (κ3) is 4.87. The largest absolute Gasteiger partial charge is 0.325 e. The molecule has 0 radical (unpaired) electrons. The number of anilines is 1. The van der Waals surface area contributed by atoms with Gasteiger partial charge >= 0.3 is 0 Å². The van der Waals surface area contributed by atoms with Crippen molar-refractivity contribution in [1.29, 1.82) is 0 Å². The summed E-state index contributed by atoms with van der Waals surface area (Å²) in [7, 11) is -3.71. The zero-order valence-corrected chi connectivity index (χ0v) is 15.8. The van der Waals surface area contributed by atoms with Crippen LogP contribution < -0.4 is 10.0 Å². The van der Waals surface area contributed by atoms with Crippen LogP contribution in [0.2, 0.25) is 0 Å². The second-order valence-corrected chi connectivity index (χ2v) is 9.08. The highest BCUT2D eigenvalue weighted by Gasteiger charge is 2.28. The first-order valence-electron chi connectivity index (χ1n) is 6.92. The Morgan fingerprint density at radius 2 is 1.83 bits per heavy atom. The number of thiophene rings is 1. The smallest absolute Gasteiger partial charge is 0.250 e. The molecule has 1 aromatic heterocycles. The Kier molecular flexibility index (Phi) is 5.96. The van der Waals surface area contributed by atoms with E-state index in [2.05, 4.69) is 26.0 Å². The third-order valence-electron chi connectivity index (χ3n) is 3.10. The average Bonchev–Trinajstić information content (AvgIpc) is 3.02. The highest BCUT2D eigenvalue weighted by molar-refractivity contribution is 9.10. The number of carbonyl (C=O) groups is 1. The van der Waals surface area contributed by atoms with Gasteiger partial charge in [-0.1, -0.05) is 35.8 Å². The van der Waals surface area contributed by atoms with E-state index in [0.29, 0.717) is 5.69 Å². The van der Waals surface area contributed by atoms with Crippen LogP contribution in [0.5, 0.6) is 0 Å². The molecule has 0 aliphatic heterocycles. The van der Waals surface area contributed by atoms with Crippen molar-refractivity contribution < 1.29 is 13.2 Å². The fraction of sp³-hybridized carbons (Fsp3) is 0.267. The standard InChI is InChI=1S/C15H17BrN2O3S2/c1-10(2)14(18-23(20,21)13-4-3-9-22-13)15(19)17-12-7-5-11(16)6-8-12/h3-10,14,18H,1-2H3,(H,17,19). The number of nitrogens with one attached hydrogen (secondary N) is 2. The van der Waals surface area contributed by atoms with Gasteiger partial charge in [-0.25, -0.2) is 8.42 Å². The monoisotopic (exact) mass is 416 g/mol. The Balaban J connectivity index is 2.15. The first kappa shape index (κ1) is 18.1. The molecule has 5 nitrogen and oxygen atoms in total. The van der Waals surface area contributed by atoms with Crippen molar-refractivity contribution in [2.75, 3.05) is 5.32 Å². The lowest BCUT2D eigenvalue weighted by atomic mass is 10.0. The molecular weight excluding hydrogens is 400 g/mol. The summed E-state index contributed by atoms with van der Waals surface area (Å²) < 4.78 is 28.2. The van der Waals surface area contributed by atoms with E-state index in [4.69, 9.17) is 0 Å². The van der Waals surface area contributed by atoms with Gasteiger partial charge in [0.1, 0.15) is 10.3 Å². The highest BCUT2D eigenvalue weighted by atomic mass is 79.9. The van der Waals surface area contributed by atoms with Crippen molar-refractivity contribution in [3.63, 3.8) is 0 Å². The van der Waals surface area contributed by atoms with Gasteiger partial charge in [0, 0.05) is 10.2 Å². The van der Waals surface area contributed by atoms with Gasteiger partial charge in [-0.2, -0.15) is 4.72 Å². The van der Waals surface area contributed by atoms with E-state index in [0.717, 1.165) is 15.8 Å². The Morgan fingerprint density at radius 1 is 1.17 bits per heavy atom. The van der Waals surface area contributed by atoms with Gasteiger partial charge in [-0.05, 0) is 41.6 Å². The predicted molar refractivity (Wildman–Crippen MR) is 96.0 cm³/mol. The molecule has 0 saturated heterocycles. The van der Waals surface area contributed by atoms with Gasteiger partial charge in [0.05, 0.1) is 0 Å². The predicted octanol–water partition coefficient (Wildman–Crippen LogP) is 3.45. The Labute approximate surface area is 148 Å². The van der Waals surface area contributed by atoms with Gasteiger partial charge in [-0.15, -0.1) is 11.3 Å². The second kappa shape index (κ2) is 7.57. The molecule has 2 N–H and O–H groups in total. The number of hydrogen-bond donors (Lipinski definition) is 2. The molecule has 0 bridgehead atoms. The SMILES string of the molecule is CC(C)C(NS(=O)(=O)c1cccs1)C(=O)Nc1ccc(Br)cc1. The van der Waals surface area contributed by atoms with Gasteiger partial charge < -0.3 is 5.32 Å². The lowest BCUT2D eigenvalue weighted by Crippen LogP contribution is -2.46. The molecule has 2 aromatic rings. The summed E-state index contributed by atoms with van der Waals surface area (Å²) in [5, 5.41) is 4.42. The number of rotatable bonds is 6. The number of sulfonamides is 1. The fourth-order valence-electron chi connectivity index (χ4n) is 1.89. The van der Waals surface area contributed by atoms with E-state index in [1.54, 1.807) is 49.6 Å². The normalized spacial score (nSPS) is 13.0. The van der Waals surface area contributed by atoms with Gasteiger partial charge in [0.15, 0.2) is 0 Å². The minimum Gasteiger partial charge on any atom is -0.325 e. The number of halogens is 1. The Hall–Kier alpha value is -1.22. The highest BCUT2D eigenvalue weighted by Crippen LogP contribution is 2.19. The summed E-state index contributed by atoms with van der Waals surface area (Å²) in [4.78, 5) is 12.4. The summed E-state index contributed by atoms with van der Waals surface area (Å²) in [5.74, 6) is -0.581. The second-order valence-electron chi connectivity index (χ2n) is 5.27. The molecular formula is C15H17BrN2O3S2. The van der Waals surface area contributed by atoms with E-state index in [9.17, 15) is 13.2 Å². The van der Waals surface area contributed by atoms with Crippen molar-refractivity contribution in [2.45, 2.75) is 24.1 Å². The van der Waals surface area contributed by atoms with E-state index in [1.807, 2.05) is 0 Å². The Bertz CT molecular complexity index is 757. The molecule has 1 atom stereocenters. The van der Waals surface area contributed by atoms with Crippen LogP contribution in [-0.2, 0) is 14.8 Å². The number of amides is 1. The summed E-state index contributed by atoms with van der Waals surface area (Å²) in [5.41, 5.74) is 0.610. The molecule has 23 heavy (non-hydrogen) atoms. The summed E-state index contributed by atoms with van der Waals surface area (Å²) in [6.07, 6.45) is 0. The molecule has 0 spiro atoms. The quantitative estimate of drug-likeness (QED) is 0.756. The molecule has 0 saturated carbocycles. The van der Waals surface area contributed by atoms with Crippen molar-refractivity contribution in [3.8, 4) is 0 Å². The van der Waals surface area contributed by atoms with Crippen LogP contribution in [0.15, 0.2) is 50.5 Å². The third-order valence-corrected chi connectivity index (χ3v) is 6.47.